The third-order valence-corrected chi connectivity index (χ3v) is 5.32. The maximum absolute atomic E-state index is 12.7. The van der Waals surface area contributed by atoms with Crippen LogP contribution in [0.5, 0.6) is 0 Å². The molecule has 0 saturated carbocycles. The van der Waals surface area contributed by atoms with Gasteiger partial charge in [0.15, 0.2) is 0 Å². The van der Waals surface area contributed by atoms with Gasteiger partial charge in [-0.05, 0) is 38.8 Å². The standard InChI is InChI=1S/C21H31N3O3/c1-16-13-23(14-17(2)27-16)15-19-9-6-12-24(19)20(25)10-11-22-21(26)18-7-4-3-5-8-18/h3-5,7-8,16-17,19H,6,9-15H2,1-2H3,(H,22,26)/t16-,17+,19-/m0/s1. The summed E-state index contributed by atoms with van der Waals surface area (Å²) in [4.78, 5) is 29.2. The molecule has 2 amide bonds. The van der Waals surface area contributed by atoms with Crippen molar-refractivity contribution in [3.63, 3.8) is 0 Å². The van der Waals surface area contributed by atoms with Gasteiger partial charge in [-0.1, -0.05) is 18.2 Å². The number of hydrogen-bond acceptors (Lipinski definition) is 4. The quantitative estimate of drug-likeness (QED) is 0.827. The fraction of sp³-hybridized carbons (Fsp3) is 0.619. The van der Waals surface area contributed by atoms with Gasteiger partial charge in [0.25, 0.3) is 5.91 Å². The maximum atomic E-state index is 12.7. The van der Waals surface area contributed by atoms with Gasteiger partial charge in [-0.3, -0.25) is 14.5 Å². The van der Waals surface area contributed by atoms with Crippen molar-refractivity contribution in [2.45, 2.75) is 51.4 Å². The highest BCUT2D eigenvalue weighted by Crippen LogP contribution is 2.21. The van der Waals surface area contributed by atoms with E-state index in [9.17, 15) is 9.59 Å². The molecule has 1 aromatic carbocycles. The average Bonchev–Trinajstić information content (AvgIpc) is 3.09. The Bertz CT molecular complexity index is 627. The zero-order valence-electron chi connectivity index (χ0n) is 16.4. The summed E-state index contributed by atoms with van der Waals surface area (Å²) in [6.45, 7) is 8.18. The lowest BCUT2D eigenvalue weighted by atomic mass is 10.1. The Morgan fingerprint density at radius 1 is 1.15 bits per heavy atom. The van der Waals surface area contributed by atoms with Crippen molar-refractivity contribution in [3.8, 4) is 0 Å². The molecular formula is C21H31N3O3. The van der Waals surface area contributed by atoms with Gasteiger partial charge in [-0.2, -0.15) is 0 Å². The normalized spacial score (nSPS) is 26.1. The number of morpholine rings is 1. The predicted molar refractivity (Wildman–Crippen MR) is 105 cm³/mol. The monoisotopic (exact) mass is 373 g/mol. The van der Waals surface area contributed by atoms with Crippen molar-refractivity contribution < 1.29 is 14.3 Å². The summed E-state index contributed by atoms with van der Waals surface area (Å²) >= 11 is 0. The smallest absolute Gasteiger partial charge is 0.251 e. The van der Waals surface area contributed by atoms with Crippen LogP contribution in [-0.4, -0.2) is 72.6 Å². The van der Waals surface area contributed by atoms with E-state index in [0.29, 0.717) is 18.5 Å². The molecule has 2 heterocycles. The first-order valence-electron chi connectivity index (χ1n) is 10.0. The first-order chi connectivity index (χ1) is 13.0. The highest BCUT2D eigenvalue weighted by atomic mass is 16.5. The first-order valence-corrected chi connectivity index (χ1v) is 10.0. The minimum absolute atomic E-state index is 0.127. The molecule has 2 aliphatic heterocycles. The zero-order chi connectivity index (χ0) is 19.2. The second-order valence-corrected chi connectivity index (χ2v) is 7.73. The summed E-state index contributed by atoms with van der Waals surface area (Å²) in [5.74, 6) is 0.0119. The Morgan fingerprint density at radius 3 is 2.56 bits per heavy atom. The molecule has 0 radical (unpaired) electrons. The van der Waals surface area contributed by atoms with Gasteiger partial charge in [0.1, 0.15) is 0 Å². The van der Waals surface area contributed by atoms with E-state index in [1.165, 1.54) is 0 Å². The van der Waals surface area contributed by atoms with Crippen LogP contribution in [0.4, 0.5) is 0 Å². The van der Waals surface area contributed by atoms with Crippen molar-refractivity contribution in [2.24, 2.45) is 0 Å². The van der Waals surface area contributed by atoms with E-state index < -0.39 is 0 Å². The molecule has 2 fully saturated rings. The van der Waals surface area contributed by atoms with Gasteiger partial charge in [-0.15, -0.1) is 0 Å². The molecule has 1 N–H and O–H groups in total. The largest absolute Gasteiger partial charge is 0.373 e. The predicted octanol–water partition coefficient (Wildman–Crippen LogP) is 1.91. The van der Waals surface area contributed by atoms with Crippen LogP contribution in [0, 0.1) is 0 Å². The highest BCUT2D eigenvalue weighted by molar-refractivity contribution is 5.94. The lowest BCUT2D eigenvalue weighted by Crippen LogP contribution is -2.51. The van der Waals surface area contributed by atoms with Gasteiger partial charge in [-0.25, -0.2) is 0 Å². The van der Waals surface area contributed by atoms with Gasteiger partial charge in [0.2, 0.25) is 5.91 Å². The third kappa shape index (κ3) is 5.53. The van der Waals surface area contributed by atoms with E-state index in [1.54, 1.807) is 12.1 Å². The van der Waals surface area contributed by atoms with E-state index in [-0.39, 0.29) is 30.1 Å². The van der Waals surface area contributed by atoms with Crippen LogP contribution in [0.25, 0.3) is 0 Å². The van der Waals surface area contributed by atoms with Crippen LogP contribution in [0.1, 0.15) is 43.5 Å². The lowest BCUT2D eigenvalue weighted by molar-refractivity contribution is -0.132. The summed E-state index contributed by atoms with van der Waals surface area (Å²) in [6, 6.07) is 9.38. The number of likely N-dealkylation sites (tertiary alicyclic amines) is 1. The van der Waals surface area contributed by atoms with Crippen LogP contribution in [-0.2, 0) is 9.53 Å². The molecule has 3 rings (SSSR count). The van der Waals surface area contributed by atoms with Crippen molar-refractivity contribution in [1.29, 1.82) is 0 Å². The number of nitrogens with zero attached hydrogens (tertiary/aromatic N) is 2. The molecule has 6 heteroatoms. The number of hydrogen-bond donors (Lipinski definition) is 1. The van der Waals surface area contributed by atoms with Crippen molar-refractivity contribution >= 4 is 11.8 Å². The number of nitrogens with one attached hydrogen (secondary N) is 1. The fourth-order valence-electron chi connectivity index (χ4n) is 4.20. The summed E-state index contributed by atoms with van der Waals surface area (Å²) < 4.78 is 5.80. The van der Waals surface area contributed by atoms with E-state index in [4.69, 9.17) is 4.74 Å². The first kappa shape index (κ1) is 19.8. The topological polar surface area (TPSA) is 61.9 Å². The summed E-state index contributed by atoms with van der Waals surface area (Å²) in [7, 11) is 0. The summed E-state index contributed by atoms with van der Waals surface area (Å²) in [5.41, 5.74) is 0.625. The number of carbonyl (C=O) groups is 2. The van der Waals surface area contributed by atoms with Gasteiger partial charge in [0, 0.05) is 50.7 Å². The Hall–Kier alpha value is -1.92. The molecule has 0 unspecified atom stereocenters. The SMILES string of the molecule is C[C@@H]1CN(C[C@@H]2CCCN2C(=O)CCNC(=O)c2ccccc2)C[C@H](C)O1. The Kier molecular flexibility index (Phi) is 6.85. The molecule has 6 nitrogen and oxygen atoms in total. The molecular weight excluding hydrogens is 342 g/mol. The van der Waals surface area contributed by atoms with Crippen LogP contribution in [0.15, 0.2) is 30.3 Å². The molecule has 0 spiro atoms. The maximum Gasteiger partial charge on any atom is 0.251 e. The zero-order valence-corrected chi connectivity index (χ0v) is 16.4. The molecule has 0 aliphatic carbocycles. The Balaban J connectivity index is 1.45. The highest BCUT2D eigenvalue weighted by Gasteiger charge is 2.32. The molecule has 3 atom stereocenters. The molecule has 148 valence electrons. The number of amides is 2. The van der Waals surface area contributed by atoms with Gasteiger partial charge < -0.3 is 15.0 Å². The van der Waals surface area contributed by atoms with Gasteiger partial charge >= 0.3 is 0 Å². The van der Waals surface area contributed by atoms with Crippen molar-refractivity contribution in [3.05, 3.63) is 35.9 Å². The van der Waals surface area contributed by atoms with Crippen molar-refractivity contribution in [2.75, 3.05) is 32.7 Å². The van der Waals surface area contributed by atoms with Crippen molar-refractivity contribution in [1.82, 2.24) is 15.1 Å². The molecule has 1 aromatic rings. The molecule has 0 aromatic heterocycles. The lowest BCUT2D eigenvalue weighted by Gasteiger charge is -2.38. The van der Waals surface area contributed by atoms with E-state index in [0.717, 1.165) is 39.0 Å². The summed E-state index contributed by atoms with van der Waals surface area (Å²) in [6.07, 6.45) is 2.95. The van der Waals surface area contributed by atoms with E-state index in [2.05, 4.69) is 24.1 Å². The molecule has 2 aliphatic rings. The number of rotatable bonds is 6. The second kappa shape index (κ2) is 9.33. The van der Waals surface area contributed by atoms with Gasteiger partial charge in [0.05, 0.1) is 12.2 Å². The molecule has 27 heavy (non-hydrogen) atoms. The van der Waals surface area contributed by atoms with Crippen LogP contribution in [0.3, 0.4) is 0 Å². The van der Waals surface area contributed by atoms with Crippen LogP contribution < -0.4 is 5.32 Å². The van der Waals surface area contributed by atoms with E-state index in [1.807, 2.05) is 23.1 Å². The Labute approximate surface area is 161 Å². The Morgan fingerprint density at radius 2 is 1.85 bits per heavy atom. The number of ether oxygens (including phenoxy) is 1. The summed E-state index contributed by atoms with van der Waals surface area (Å²) in [5, 5.41) is 2.85. The minimum Gasteiger partial charge on any atom is -0.373 e. The molecule has 2 saturated heterocycles. The van der Waals surface area contributed by atoms with E-state index >= 15 is 0 Å². The number of benzene rings is 1. The third-order valence-electron chi connectivity index (χ3n) is 5.32. The fourth-order valence-corrected chi connectivity index (χ4v) is 4.20. The second-order valence-electron chi connectivity index (χ2n) is 7.73. The van der Waals surface area contributed by atoms with Crippen LogP contribution in [0.2, 0.25) is 0 Å². The van der Waals surface area contributed by atoms with Crippen LogP contribution >= 0.6 is 0 Å². The number of carbonyl (C=O) groups excluding carboxylic acids is 2. The minimum atomic E-state index is -0.127. The molecule has 0 bridgehead atoms. The average molecular weight is 373 g/mol.